The minimum Gasteiger partial charge on any atom is -0.494 e. The maximum absolute atomic E-state index is 13.3. The van der Waals surface area contributed by atoms with Gasteiger partial charge in [-0.1, -0.05) is 6.07 Å². The summed E-state index contributed by atoms with van der Waals surface area (Å²) in [6.07, 6.45) is 2.73. The van der Waals surface area contributed by atoms with Crippen LogP contribution >= 0.6 is 0 Å². The van der Waals surface area contributed by atoms with Gasteiger partial charge in [-0.25, -0.2) is 14.4 Å². The summed E-state index contributed by atoms with van der Waals surface area (Å²) in [7, 11) is 3.20. The van der Waals surface area contributed by atoms with Crippen LogP contribution in [0.3, 0.4) is 0 Å². The fourth-order valence-corrected chi connectivity index (χ4v) is 3.05. The molecule has 168 valence electrons. The zero-order chi connectivity index (χ0) is 25.9. The number of ether oxygens (including phenoxy) is 1. The van der Waals surface area contributed by atoms with Crippen LogP contribution in [0.2, 0.25) is 0 Å². The van der Waals surface area contributed by atoms with Gasteiger partial charge in [0.15, 0.2) is 11.6 Å². The van der Waals surface area contributed by atoms with Crippen LogP contribution in [0.25, 0.3) is 11.4 Å². The molecular formula is C22H21FN8O2. The maximum Gasteiger partial charge on any atom is 0.256 e. The second-order valence-corrected chi connectivity index (χ2v) is 6.80. The molecule has 0 aliphatic carbocycles. The third-order valence-electron chi connectivity index (χ3n) is 4.56. The zero-order valence-corrected chi connectivity index (χ0v) is 17.6. The lowest BCUT2D eigenvalue weighted by Gasteiger charge is -2.16. The summed E-state index contributed by atoms with van der Waals surface area (Å²) < 4.78 is 42.5. The summed E-state index contributed by atoms with van der Waals surface area (Å²) in [6, 6.07) is 10.7. The molecular weight excluding hydrogens is 427 g/mol. The van der Waals surface area contributed by atoms with Crippen molar-refractivity contribution < 1.29 is 18.0 Å². The first-order chi connectivity index (χ1) is 17.1. The van der Waals surface area contributed by atoms with Gasteiger partial charge in [0, 0.05) is 30.0 Å². The topological polar surface area (TPSA) is 119 Å². The van der Waals surface area contributed by atoms with Gasteiger partial charge in [-0.15, -0.1) is 0 Å². The number of halogens is 1. The van der Waals surface area contributed by atoms with E-state index in [4.69, 9.17) is 8.85 Å². The molecule has 0 aliphatic heterocycles. The highest BCUT2D eigenvalue weighted by Gasteiger charge is 2.19. The average molecular weight is 451 g/mol. The molecule has 4 rings (SSSR count). The van der Waals surface area contributed by atoms with E-state index in [0.29, 0.717) is 28.5 Å². The standard InChI is InChI=1S/C22H21FN8O2/c1-24-21(32)16-11-25-22(27-14-9-7-13(23)8-10-14)29-20(16)28-17-6-4-5-15(18(17)33-3)19-26-12-31(2)30-19/h4-12H,1-3H3,(H,24,32)(H2,25,27,28,29)/i1D3. The van der Waals surface area contributed by atoms with Crippen LogP contribution in [0.1, 0.15) is 14.5 Å². The summed E-state index contributed by atoms with van der Waals surface area (Å²) in [5.74, 6) is -0.448. The van der Waals surface area contributed by atoms with Crippen molar-refractivity contribution in [2.24, 2.45) is 7.05 Å². The van der Waals surface area contributed by atoms with Crippen LogP contribution in [0.4, 0.5) is 27.5 Å². The number of nitrogens with one attached hydrogen (secondary N) is 3. The van der Waals surface area contributed by atoms with Gasteiger partial charge in [0.2, 0.25) is 5.95 Å². The summed E-state index contributed by atoms with van der Waals surface area (Å²) in [6.45, 7) is -2.72. The van der Waals surface area contributed by atoms with Crippen molar-refractivity contribution in [1.29, 1.82) is 0 Å². The molecule has 11 heteroatoms. The minimum absolute atomic E-state index is 0.000733. The third-order valence-corrected chi connectivity index (χ3v) is 4.56. The van der Waals surface area contributed by atoms with Gasteiger partial charge in [0.25, 0.3) is 5.91 Å². The Labute approximate surface area is 193 Å². The summed E-state index contributed by atoms with van der Waals surface area (Å²) in [5, 5.41) is 12.2. The highest BCUT2D eigenvalue weighted by atomic mass is 19.1. The molecule has 4 aromatic rings. The number of aryl methyl sites for hydroxylation is 1. The Bertz CT molecular complexity index is 1390. The van der Waals surface area contributed by atoms with Gasteiger partial charge in [-0.05, 0) is 36.4 Å². The Morgan fingerprint density at radius 1 is 1.15 bits per heavy atom. The molecule has 3 N–H and O–H groups in total. The molecule has 2 aromatic heterocycles. The van der Waals surface area contributed by atoms with Crippen molar-refractivity contribution >= 4 is 29.0 Å². The highest BCUT2D eigenvalue weighted by molar-refractivity contribution is 5.99. The van der Waals surface area contributed by atoms with Crippen molar-refractivity contribution in [3.8, 4) is 17.1 Å². The van der Waals surface area contributed by atoms with Crippen LogP contribution < -0.4 is 20.7 Å². The number of rotatable bonds is 7. The number of hydrogen-bond donors (Lipinski definition) is 3. The molecule has 0 saturated heterocycles. The largest absolute Gasteiger partial charge is 0.494 e. The molecule has 0 fully saturated rings. The van der Waals surface area contributed by atoms with Crippen LogP contribution in [-0.4, -0.2) is 44.7 Å². The average Bonchev–Trinajstić information content (AvgIpc) is 3.25. The van der Waals surface area contributed by atoms with Crippen molar-refractivity contribution in [1.82, 2.24) is 30.0 Å². The number of carbonyl (C=O) groups is 1. The molecule has 2 aromatic carbocycles. The quantitative estimate of drug-likeness (QED) is 0.392. The van der Waals surface area contributed by atoms with Crippen molar-refractivity contribution in [2.45, 2.75) is 0 Å². The van der Waals surface area contributed by atoms with E-state index in [9.17, 15) is 9.18 Å². The molecule has 0 radical (unpaired) electrons. The van der Waals surface area contributed by atoms with Gasteiger partial charge in [0.05, 0.1) is 18.4 Å². The Morgan fingerprint density at radius 3 is 2.67 bits per heavy atom. The number of benzene rings is 2. The van der Waals surface area contributed by atoms with Gasteiger partial charge in [0.1, 0.15) is 23.5 Å². The number of hydrogen-bond acceptors (Lipinski definition) is 8. The number of methoxy groups -OCH3 is 1. The van der Waals surface area contributed by atoms with E-state index in [-0.39, 0.29) is 17.3 Å². The number of carbonyl (C=O) groups excluding carboxylic acids is 1. The number of anilines is 4. The van der Waals surface area contributed by atoms with E-state index in [0.717, 1.165) is 0 Å². The molecule has 1 amide bonds. The van der Waals surface area contributed by atoms with Crippen LogP contribution in [0.15, 0.2) is 55.0 Å². The number of aromatic nitrogens is 5. The first-order valence-corrected chi connectivity index (χ1v) is 9.65. The molecule has 2 heterocycles. The lowest BCUT2D eigenvalue weighted by Crippen LogP contribution is -2.20. The summed E-state index contributed by atoms with van der Waals surface area (Å²) in [4.78, 5) is 25.4. The van der Waals surface area contributed by atoms with E-state index >= 15 is 0 Å². The smallest absolute Gasteiger partial charge is 0.256 e. The summed E-state index contributed by atoms with van der Waals surface area (Å²) >= 11 is 0. The normalized spacial score (nSPS) is 12.3. The number of amides is 1. The monoisotopic (exact) mass is 451 g/mol. The Hall–Kier alpha value is -4.54. The van der Waals surface area contributed by atoms with Crippen molar-refractivity contribution in [3.05, 3.63) is 66.4 Å². The summed E-state index contributed by atoms with van der Waals surface area (Å²) in [5.41, 5.74) is 1.37. The molecule has 10 nitrogen and oxygen atoms in total. The zero-order valence-electron chi connectivity index (χ0n) is 20.6. The van der Waals surface area contributed by atoms with Gasteiger partial charge in [-0.2, -0.15) is 10.1 Å². The molecule has 0 atom stereocenters. The third kappa shape index (κ3) is 4.71. The van der Waals surface area contributed by atoms with Crippen LogP contribution in [0, 0.1) is 5.82 Å². The van der Waals surface area contributed by atoms with E-state index in [1.54, 1.807) is 36.3 Å². The van der Waals surface area contributed by atoms with Crippen molar-refractivity contribution in [3.63, 3.8) is 0 Å². The predicted molar refractivity (Wildman–Crippen MR) is 121 cm³/mol. The molecule has 0 bridgehead atoms. The van der Waals surface area contributed by atoms with E-state index in [1.807, 2.05) is 5.32 Å². The second kappa shape index (κ2) is 9.30. The van der Waals surface area contributed by atoms with Crippen molar-refractivity contribution in [2.75, 3.05) is 24.7 Å². The molecule has 0 saturated carbocycles. The molecule has 0 spiro atoms. The minimum atomic E-state index is -2.72. The SMILES string of the molecule is [2H]C([2H])([2H])NC(=O)c1cnc(Nc2ccc(F)cc2)nc1Nc1cccc(-c2ncn(C)n2)c1OC. The van der Waals surface area contributed by atoms with Crippen LogP contribution in [-0.2, 0) is 7.05 Å². The number of nitrogens with zero attached hydrogens (tertiary/aromatic N) is 5. The molecule has 0 unspecified atom stereocenters. The fraction of sp³-hybridized carbons (Fsp3) is 0.136. The highest BCUT2D eigenvalue weighted by Crippen LogP contribution is 2.36. The van der Waals surface area contributed by atoms with Gasteiger partial charge < -0.3 is 20.7 Å². The maximum atomic E-state index is 13.3. The molecule has 33 heavy (non-hydrogen) atoms. The van der Waals surface area contributed by atoms with Gasteiger partial charge in [-0.3, -0.25) is 9.48 Å². The van der Waals surface area contributed by atoms with E-state index < -0.39 is 18.7 Å². The second-order valence-electron chi connectivity index (χ2n) is 6.80. The molecule has 0 aliphatic rings. The lowest BCUT2D eigenvalue weighted by atomic mass is 10.1. The Balaban J connectivity index is 1.74. The first kappa shape index (κ1) is 18.1. The fourth-order valence-electron chi connectivity index (χ4n) is 3.05. The first-order valence-electron chi connectivity index (χ1n) is 11.1. The van der Waals surface area contributed by atoms with Gasteiger partial charge >= 0.3 is 0 Å². The Kier molecular flexibility index (Phi) is 5.09. The van der Waals surface area contributed by atoms with E-state index in [1.165, 1.54) is 37.6 Å². The van der Waals surface area contributed by atoms with E-state index in [2.05, 4.69) is 30.7 Å². The number of para-hydroxylation sites is 1. The predicted octanol–water partition coefficient (Wildman–Crippen LogP) is 3.27. The van der Waals surface area contributed by atoms with Crippen LogP contribution in [0.5, 0.6) is 5.75 Å². The lowest BCUT2D eigenvalue weighted by molar-refractivity contribution is 0.0963. The Morgan fingerprint density at radius 2 is 1.97 bits per heavy atom.